The van der Waals surface area contributed by atoms with E-state index in [2.05, 4.69) is 52.2 Å². The van der Waals surface area contributed by atoms with Crippen molar-refractivity contribution in [2.24, 2.45) is 0 Å². The zero-order valence-electron chi connectivity index (χ0n) is 12.2. The highest BCUT2D eigenvalue weighted by atomic mass is 79.9. The number of hydrogen-bond donors (Lipinski definition) is 1. The number of nitrogens with one attached hydrogen (secondary N) is 1. The molecule has 2 heterocycles. The lowest BCUT2D eigenvalue weighted by Crippen LogP contribution is -2.17. The largest absolute Gasteiger partial charge is 0.340 e. The predicted molar refractivity (Wildman–Crippen MR) is 86.9 cm³/mol. The third-order valence-corrected chi connectivity index (χ3v) is 4.56. The van der Waals surface area contributed by atoms with E-state index in [-0.39, 0.29) is 5.91 Å². The molecule has 0 unspecified atom stereocenters. The summed E-state index contributed by atoms with van der Waals surface area (Å²) < 4.78 is 1.10. The number of hydrogen-bond acceptors (Lipinski definition) is 3. The number of carbonyl (C=O) groups excluding carboxylic acids is 1. The van der Waals surface area contributed by atoms with Crippen molar-refractivity contribution in [2.75, 3.05) is 12.4 Å². The fourth-order valence-electron chi connectivity index (χ4n) is 2.44. The zero-order valence-corrected chi connectivity index (χ0v) is 13.8. The molecule has 3 rings (SSSR count). The molecule has 1 aromatic carbocycles. The van der Waals surface area contributed by atoms with Crippen molar-refractivity contribution in [1.82, 2.24) is 9.88 Å². The molecule has 0 radical (unpaired) electrons. The topological polar surface area (TPSA) is 45.2 Å². The summed E-state index contributed by atoms with van der Waals surface area (Å²) in [4.78, 5) is 18.1. The van der Waals surface area contributed by atoms with Crippen LogP contribution in [0.25, 0.3) is 0 Å². The fourth-order valence-corrected chi connectivity index (χ4v) is 2.90. The molecular weight excluding hydrogens is 330 g/mol. The summed E-state index contributed by atoms with van der Waals surface area (Å²) in [7, 11) is 1.79. The van der Waals surface area contributed by atoms with E-state index in [4.69, 9.17) is 0 Å². The second-order valence-corrected chi connectivity index (χ2v) is 6.25. The van der Waals surface area contributed by atoms with Gasteiger partial charge >= 0.3 is 0 Å². The van der Waals surface area contributed by atoms with Crippen molar-refractivity contribution >= 4 is 33.3 Å². The van der Waals surface area contributed by atoms with E-state index in [1.807, 2.05) is 12.1 Å². The van der Waals surface area contributed by atoms with Crippen LogP contribution < -0.4 is 5.32 Å². The van der Waals surface area contributed by atoms with Crippen LogP contribution in [0, 0.1) is 13.8 Å². The molecule has 108 valence electrons. The predicted octanol–water partition coefficient (Wildman–Crippen LogP) is 3.79. The van der Waals surface area contributed by atoms with Crippen LogP contribution in [0.3, 0.4) is 0 Å². The molecule has 1 amide bonds. The van der Waals surface area contributed by atoms with Crippen LogP contribution in [0.15, 0.2) is 28.7 Å². The van der Waals surface area contributed by atoms with Crippen LogP contribution in [0.5, 0.6) is 0 Å². The van der Waals surface area contributed by atoms with Gasteiger partial charge in [-0.3, -0.25) is 4.79 Å². The van der Waals surface area contributed by atoms with Gasteiger partial charge in [-0.1, -0.05) is 15.9 Å². The highest BCUT2D eigenvalue weighted by Crippen LogP contribution is 2.28. The van der Waals surface area contributed by atoms with Crippen molar-refractivity contribution in [3.63, 3.8) is 0 Å². The summed E-state index contributed by atoms with van der Waals surface area (Å²) in [5.74, 6) is 0.807. The summed E-state index contributed by atoms with van der Waals surface area (Å²) in [6.45, 7) is 4.68. The van der Waals surface area contributed by atoms with E-state index in [9.17, 15) is 4.79 Å². The van der Waals surface area contributed by atoms with Crippen LogP contribution in [0.2, 0.25) is 0 Å². The van der Waals surface area contributed by atoms with Crippen LogP contribution in [-0.4, -0.2) is 22.8 Å². The Labute approximate surface area is 132 Å². The van der Waals surface area contributed by atoms with Gasteiger partial charge in [-0.25, -0.2) is 4.98 Å². The van der Waals surface area contributed by atoms with E-state index in [0.29, 0.717) is 12.1 Å². The first-order valence-electron chi connectivity index (χ1n) is 6.75. The summed E-state index contributed by atoms with van der Waals surface area (Å²) >= 11 is 3.53. The Hall–Kier alpha value is -1.88. The first-order valence-corrected chi connectivity index (χ1v) is 7.54. The number of rotatable bonds is 2. The highest BCUT2D eigenvalue weighted by Gasteiger charge is 2.25. The maximum atomic E-state index is 11.9. The molecule has 1 N–H and O–H groups in total. The minimum atomic E-state index is 0.0414. The van der Waals surface area contributed by atoms with Crippen LogP contribution in [0.1, 0.15) is 27.2 Å². The molecule has 4 nitrogen and oxygen atoms in total. The molecule has 0 bridgehead atoms. The number of carbonyl (C=O) groups is 1. The molecule has 0 spiro atoms. The minimum Gasteiger partial charge on any atom is -0.340 e. The molecule has 0 atom stereocenters. The monoisotopic (exact) mass is 345 g/mol. The molecule has 21 heavy (non-hydrogen) atoms. The van der Waals surface area contributed by atoms with Crippen molar-refractivity contribution < 1.29 is 4.79 Å². The van der Waals surface area contributed by atoms with Gasteiger partial charge in [0.15, 0.2) is 0 Å². The van der Waals surface area contributed by atoms with E-state index in [0.717, 1.165) is 27.2 Å². The van der Waals surface area contributed by atoms with Gasteiger partial charge in [-0.05, 0) is 49.2 Å². The Morgan fingerprint density at radius 1 is 1.24 bits per heavy atom. The van der Waals surface area contributed by atoms with Crippen LogP contribution in [-0.2, 0) is 6.54 Å². The molecule has 0 fully saturated rings. The normalized spacial score (nSPS) is 13.5. The zero-order chi connectivity index (χ0) is 15.1. The molecule has 0 saturated carbocycles. The molecule has 1 aromatic heterocycles. The fraction of sp³-hybridized carbons (Fsp3) is 0.250. The maximum absolute atomic E-state index is 11.9. The molecule has 5 heteroatoms. The van der Waals surface area contributed by atoms with Crippen molar-refractivity contribution in [3.05, 3.63) is 51.1 Å². The number of aryl methyl sites for hydroxylation is 2. The highest BCUT2D eigenvalue weighted by molar-refractivity contribution is 9.10. The standard InChI is InChI=1S/C16H16BrN3O/c1-9-7-13(10(2)6-12(9)17)18-15-5-4-11-14(19-15)8-20(3)16(11)21/h4-7H,8H2,1-3H3,(H,18,19). The van der Waals surface area contributed by atoms with Gasteiger partial charge in [-0.2, -0.15) is 0 Å². The van der Waals surface area contributed by atoms with Crippen molar-refractivity contribution in [3.8, 4) is 0 Å². The molecular formula is C16H16BrN3O. The molecule has 0 saturated heterocycles. The Kier molecular flexibility index (Phi) is 3.45. The second kappa shape index (κ2) is 5.15. The van der Waals surface area contributed by atoms with Crippen LogP contribution >= 0.6 is 15.9 Å². The molecule has 0 aliphatic carbocycles. The number of nitrogens with zero attached hydrogens (tertiary/aromatic N) is 2. The number of amides is 1. The van der Waals surface area contributed by atoms with E-state index in [1.165, 1.54) is 5.56 Å². The van der Waals surface area contributed by atoms with Crippen molar-refractivity contribution in [2.45, 2.75) is 20.4 Å². The van der Waals surface area contributed by atoms with Gasteiger partial charge in [0.2, 0.25) is 0 Å². The first-order chi connectivity index (χ1) is 9.95. The lowest BCUT2D eigenvalue weighted by molar-refractivity contribution is 0.0816. The van der Waals surface area contributed by atoms with Gasteiger partial charge in [0.25, 0.3) is 5.91 Å². The van der Waals surface area contributed by atoms with E-state index < -0.39 is 0 Å². The number of anilines is 2. The molecule has 2 aromatic rings. The number of benzene rings is 1. The SMILES string of the molecule is Cc1cc(Nc2ccc3c(n2)CN(C)C3=O)c(C)cc1Br. The smallest absolute Gasteiger partial charge is 0.255 e. The van der Waals surface area contributed by atoms with E-state index >= 15 is 0 Å². The summed E-state index contributed by atoms with van der Waals surface area (Å²) in [6.07, 6.45) is 0. The number of pyridine rings is 1. The summed E-state index contributed by atoms with van der Waals surface area (Å²) in [6, 6.07) is 7.87. The number of halogens is 1. The van der Waals surface area contributed by atoms with E-state index in [1.54, 1.807) is 11.9 Å². The third kappa shape index (κ3) is 2.53. The van der Waals surface area contributed by atoms with Gasteiger partial charge in [0, 0.05) is 17.2 Å². The third-order valence-electron chi connectivity index (χ3n) is 3.71. The summed E-state index contributed by atoms with van der Waals surface area (Å²) in [5, 5.41) is 3.34. The summed E-state index contributed by atoms with van der Waals surface area (Å²) in [5.41, 5.74) is 4.87. The lowest BCUT2D eigenvalue weighted by Gasteiger charge is -2.11. The molecule has 1 aliphatic rings. The van der Waals surface area contributed by atoms with Crippen molar-refractivity contribution in [1.29, 1.82) is 0 Å². The average Bonchev–Trinajstić information content (AvgIpc) is 2.71. The van der Waals surface area contributed by atoms with Gasteiger partial charge in [0.1, 0.15) is 5.82 Å². The Bertz CT molecular complexity index is 743. The van der Waals surface area contributed by atoms with Gasteiger partial charge < -0.3 is 10.2 Å². The maximum Gasteiger partial charge on any atom is 0.255 e. The van der Waals surface area contributed by atoms with Crippen LogP contribution in [0.4, 0.5) is 11.5 Å². The van der Waals surface area contributed by atoms with Gasteiger partial charge in [-0.15, -0.1) is 0 Å². The molecule has 1 aliphatic heterocycles. The number of fused-ring (bicyclic) bond motifs is 1. The Morgan fingerprint density at radius 3 is 2.76 bits per heavy atom. The lowest BCUT2D eigenvalue weighted by atomic mass is 10.1. The average molecular weight is 346 g/mol. The second-order valence-electron chi connectivity index (χ2n) is 5.39. The first kappa shape index (κ1) is 14.1. The minimum absolute atomic E-state index is 0.0414. The van der Waals surface area contributed by atoms with Gasteiger partial charge in [0.05, 0.1) is 17.8 Å². The quantitative estimate of drug-likeness (QED) is 0.900. The number of aromatic nitrogens is 1. The Morgan fingerprint density at radius 2 is 2.00 bits per heavy atom. The Balaban J connectivity index is 1.92.